The summed E-state index contributed by atoms with van der Waals surface area (Å²) in [6.45, 7) is 8.09. The molecule has 2 aliphatic heterocycles. The lowest BCUT2D eigenvalue weighted by Crippen LogP contribution is -2.50. The Labute approximate surface area is 189 Å². The van der Waals surface area contributed by atoms with Crippen molar-refractivity contribution < 1.29 is 31.9 Å². The van der Waals surface area contributed by atoms with Crippen molar-refractivity contribution in [3.8, 4) is 5.75 Å². The molecule has 1 N–H and O–H groups in total. The van der Waals surface area contributed by atoms with Gasteiger partial charge in [-0.1, -0.05) is 20.8 Å². The molecule has 33 heavy (non-hydrogen) atoms. The number of rotatable bonds is 5. The highest BCUT2D eigenvalue weighted by Crippen LogP contribution is 2.33. The first-order valence-corrected chi connectivity index (χ1v) is 11.0. The van der Waals surface area contributed by atoms with E-state index in [1.165, 1.54) is 6.07 Å². The van der Waals surface area contributed by atoms with Crippen LogP contribution in [0.15, 0.2) is 33.8 Å². The maximum Gasteiger partial charge on any atom is 0.416 e. The zero-order valence-electron chi connectivity index (χ0n) is 18.9. The van der Waals surface area contributed by atoms with Crippen LogP contribution < -0.4 is 15.7 Å². The molecule has 0 unspecified atom stereocenters. The third-order valence-corrected chi connectivity index (χ3v) is 5.66. The van der Waals surface area contributed by atoms with E-state index in [2.05, 4.69) is 10.3 Å². The van der Waals surface area contributed by atoms with E-state index in [4.69, 9.17) is 13.9 Å². The number of benzene rings is 1. The predicted molar refractivity (Wildman–Crippen MR) is 113 cm³/mol. The number of carbonyl (C=O) groups is 1. The summed E-state index contributed by atoms with van der Waals surface area (Å²) in [4.78, 5) is 17.2. The number of oxazole rings is 1. The molecule has 2 fully saturated rings. The molecular formula is C23H28F3N3O4. The Morgan fingerprint density at radius 1 is 1.27 bits per heavy atom. The van der Waals surface area contributed by atoms with Crippen molar-refractivity contribution in [3.63, 3.8) is 0 Å². The van der Waals surface area contributed by atoms with Crippen LogP contribution in [-0.4, -0.2) is 42.4 Å². The molecule has 0 saturated carbocycles. The lowest BCUT2D eigenvalue weighted by Gasteiger charge is -2.28. The Bertz CT molecular complexity index is 1070. The first-order valence-electron chi connectivity index (χ1n) is 11.0. The Balaban J connectivity index is 1.73. The lowest BCUT2D eigenvalue weighted by atomic mass is 9.94. The van der Waals surface area contributed by atoms with E-state index in [1.54, 1.807) is 10.8 Å². The Morgan fingerprint density at radius 3 is 2.61 bits per heavy atom. The van der Waals surface area contributed by atoms with Crippen LogP contribution in [0.3, 0.4) is 0 Å². The summed E-state index contributed by atoms with van der Waals surface area (Å²) < 4.78 is 59.0. The van der Waals surface area contributed by atoms with Crippen LogP contribution in [0, 0.1) is 0 Å². The molecule has 2 saturated heterocycles. The average Bonchev–Trinajstić information content (AvgIpc) is 3.34. The van der Waals surface area contributed by atoms with Crippen molar-refractivity contribution in [2.24, 2.45) is 4.99 Å². The molecule has 180 valence electrons. The van der Waals surface area contributed by atoms with Gasteiger partial charge in [0, 0.05) is 31.3 Å². The molecule has 0 bridgehead atoms. The smallest absolute Gasteiger partial charge is 0.416 e. The first-order chi connectivity index (χ1) is 15.5. The zero-order valence-corrected chi connectivity index (χ0v) is 18.9. The predicted octanol–water partition coefficient (Wildman–Crippen LogP) is 3.67. The monoisotopic (exact) mass is 467 g/mol. The van der Waals surface area contributed by atoms with Crippen molar-refractivity contribution in [3.05, 3.63) is 47.0 Å². The Hall–Kier alpha value is -2.59. The third kappa shape index (κ3) is 5.50. The van der Waals surface area contributed by atoms with Crippen molar-refractivity contribution in [1.29, 1.82) is 0 Å². The van der Waals surface area contributed by atoms with E-state index in [1.807, 2.05) is 20.8 Å². The van der Waals surface area contributed by atoms with E-state index in [-0.39, 0.29) is 34.6 Å². The minimum atomic E-state index is -4.60. The zero-order chi connectivity index (χ0) is 23.8. The fourth-order valence-electron chi connectivity index (χ4n) is 3.60. The fraction of sp³-hybridized carbons (Fsp3) is 0.565. The highest BCUT2D eigenvalue weighted by molar-refractivity contribution is 5.97. The topological polar surface area (TPSA) is 78.0 Å². The molecular weight excluding hydrogens is 439 g/mol. The Morgan fingerprint density at radius 2 is 2.03 bits per heavy atom. The number of aromatic nitrogens is 1. The third-order valence-electron chi connectivity index (χ3n) is 5.66. The normalized spacial score (nSPS) is 20.2. The minimum absolute atomic E-state index is 0.0223. The van der Waals surface area contributed by atoms with Crippen LogP contribution in [-0.2, 0) is 22.9 Å². The van der Waals surface area contributed by atoms with E-state index in [0.717, 1.165) is 25.0 Å². The van der Waals surface area contributed by atoms with Crippen LogP contribution in [0.5, 0.6) is 5.75 Å². The molecule has 2 aliphatic rings. The molecule has 1 aromatic carbocycles. The molecule has 7 nitrogen and oxygen atoms in total. The van der Waals surface area contributed by atoms with Crippen LogP contribution in [0.2, 0.25) is 0 Å². The van der Waals surface area contributed by atoms with Gasteiger partial charge in [-0.3, -0.25) is 9.36 Å². The molecule has 0 radical (unpaired) electrons. The van der Waals surface area contributed by atoms with Gasteiger partial charge in [-0.05, 0) is 31.0 Å². The lowest BCUT2D eigenvalue weighted by molar-refractivity contribution is -0.137. The number of nitrogens with one attached hydrogen (secondary N) is 1. The average molecular weight is 467 g/mol. The van der Waals surface area contributed by atoms with Gasteiger partial charge in [0.1, 0.15) is 17.6 Å². The standard InChI is InChI=1S/C23H28F3N3O4/c1-22(2,3)19-13-29(12-15-5-4-8-31-15)21(33-19)28-20(30)17-9-14(23(24,25)26)6-7-18(17)32-16-10-27-11-16/h6-7,9,13,15-16,27H,4-5,8,10-12H2,1-3H3/b28-21-/t15-/m1/s1. The number of nitrogens with zero attached hydrogens (tertiary/aromatic N) is 2. The number of carbonyl (C=O) groups excluding carboxylic acids is 1. The highest BCUT2D eigenvalue weighted by atomic mass is 19.4. The quantitative estimate of drug-likeness (QED) is 0.726. The van der Waals surface area contributed by atoms with Gasteiger partial charge < -0.3 is 19.2 Å². The largest absolute Gasteiger partial charge is 0.487 e. The number of hydrogen-bond donors (Lipinski definition) is 1. The second kappa shape index (κ2) is 8.98. The number of amides is 1. The van der Waals surface area contributed by atoms with E-state index in [9.17, 15) is 18.0 Å². The van der Waals surface area contributed by atoms with Crippen LogP contribution in [0.1, 0.15) is 55.3 Å². The van der Waals surface area contributed by atoms with E-state index in [0.29, 0.717) is 32.0 Å². The van der Waals surface area contributed by atoms with Crippen LogP contribution >= 0.6 is 0 Å². The molecule has 10 heteroatoms. The summed E-state index contributed by atoms with van der Waals surface area (Å²) in [6, 6.07) is 2.86. The van der Waals surface area contributed by atoms with Gasteiger partial charge in [-0.2, -0.15) is 18.2 Å². The van der Waals surface area contributed by atoms with Gasteiger partial charge in [-0.25, -0.2) is 0 Å². The molecule has 0 aliphatic carbocycles. The maximum atomic E-state index is 13.3. The Kier molecular flexibility index (Phi) is 6.41. The van der Waals surface area contributed by atoms with Crippen molar-refractivity contribution in [2.45, 2.75) is 64.0 Å². The number of alkyl halides is 3. The SMILES string of the molecule is CC(C)(C)c1cn(C[C@H]2CCCO2)/c(=N/C(=O)c2cc(C(F)(F)F)ccc2OC2CNC2)o1. The van der Waals surface area contributed by atoms with Crippen molar-refractivity contribution in [1.82, 2.24) is 9.88 Å². The van der Waals surface area contributed by atoms with E-state index >= 15 is 0 Å². The highest BCUT2D eigenvalue weighted by Gasteiger charge is 2.33. The number of hydrogen-bond acceptors (Lipinski definition) is 5. The molecule has 1 amide bonds. The van der Waals surface area contributed by atoms with Gasteiger partial charge in [0.2, 0.25) is 0 Å². The van der Waals surface area contributed by atoms with Gasteiger partial charge in [-0.15, -0.1) is 0 Å². The maximum absolute atomic E-state index is 13.3. The van der Waals surface area contributed by atoms with Crippen molar-refractivity contribution in [2.75, 3.05) is 19.7 Å². The number of halogens is 3. The summed E-state index contributed by atoms with van der Waals surface area (Å²) in [6.07, 6.45) is -1.26. The summed E-state index contributed by atoms with van der Waals surface area (Å²) in [5.74, 6) is -0.191. The van der Waals surface area contributed by atoms with Gasteiger partial charge in [0.15, 0.2) is 0 Å². The van der Waals surface area contributed by atoms with Gasteiger partial charge in [0.25, 0.3) is 5.91 Å². The van der Waals surface area contributed by atoms with Gasteiger partial charge >= 0.3 is 11.9 Å². The van der Waals surface area contributed by atoms with Crippen LogP contribution in [0.4, 0.5) is 13.2 Å². The minimum Gasteiger partial charge on any atom is -0.487 e. The number of ether oxygens (including phenoxy) is 2. The van der Waals surface area contributed by atoms with Crippen LogP contribution in [0.25, 0.3) is 0 Å². The summed E-state index contributed by atoms with van der Waals surface area (Å²) in [5.41, 5.74) is -1.53. The summed E-state index contributed by atoms with van der Waals surface area (Å²) in [7, 11) is 0. The molecule has 2 aromatic rings. The van der Waals surface area contributed by atoms with Crippen molar-refractivity contribution >= 4 is 5.91 Å². The molecule has 4 rings (SSSR count). The molecule has 0 spiro atoms. The summed E-state index contributed by atoms with van der Waals surface area (Å²) >= 11 is 0. The second-order valence-corrected chi connectivity index (χ2v) is 9.44. The molecule has 3 heterocycles. The molecule has 1 atom stereocenters. The second-order valence-electron chi connectivity index (χ2n) is 9.44. The first kappa shape index (κ1) is 23.6. The van der Waals surface area contributed by atoms with Gasteiger partial charge in [0.05, 0.1) is 23.8 Å². The van der Waals surface area contributed by atoms with E-state index < -0.39 is 17.6 Å². The molecule has 1 aromatic heterocycles. The fourth-order valence-corrected chi connectivity index (χ4v) is 3.60. The summed E-state index contributed by atoms with van der Waals surface area (Å²) in [5, 5.41) is 3.02.